The molecule has 1 heterocycles. The Labute approximate surface area is 118 Å². The third-order valence-electron chi connectivity index (χ3n) is 2.59. The van der Waals surface area contributed by atoms with Gasteiger partial charge in [-0.2, -0.15) is 12.6 Å². The van der Waals surface area contributed by atoms with E-state index >= 15 is 0 Å². The average Bonchev–Trinajstić information content (AvgIpc) is 2.77. The van der Waals surface area contributed by atoms with E-state index in [2.05, 4.69) is 28.6 Å². The highest BCUT2D eigenvalue weighted by Gasteiger charge is 2.39. The van der Waals surface area contributed by atoms with Crippen molar-refractivity contribution >= 4 is 28.6 Å². The van der Waals surface area contributed by atoms with Crippen molar-refractivity contribution in [3.05, 3.63) is 68.6 Å². The van der Waals surface area contributed by atoms with Gasteiger partial charge >= 0.3 is 0 Å². The number of benzene rings is 1. The molecule has 6 heteroatoms. The highest BCUT2D eigenvalue weighted by atomic mass is 79.9. The van der Waals surface area contributed by atoms with Gasteiger partial charge in [-0.15, -0.1) is 0 Å². The van der Waals surface area contributed by atoms with Gasteiger partial charge in [0.15, 0.2) is 9.42 Å². The van der Waals surface area contributed by atoms with Gasteiger partial charge in [-0.3, -0.25) is 10.1 Å². The predicted molar refractivity (Wildman–Crippen MR) is 74.5 cm³/mol. The third kappa shape index (κ3) is 2.59. The summed E-state index contributed by atoms with van der Waals surface area (Å²) < 4.78 is 4.89. The number of hydrogen-bond donors (Lipinski definition) is 1. The summed E-state index contributed by atoms with van der Waals surface area (Å²) in [4.78, 5) is 10.5. The predicted octanol–water partition coefficient (Wildman–Crippen LogP) is 3.49. The summed E-state index contributed by atoms with van der Waals surface area (Å²) in [6.07, 6.45) is 0. The molecule has 0 fully saturated rings. The van der Waals surface area contributed by atoms with Crippen LogP contribution in [0, 0.1) is 10.1 Å². The molecule has 4 nitrogen and oxygen atoms in total. The van der Waals surface area contributed by atoms with Gasteiger partial charge in [0.1, 0.15) is 5.76 Å². The van der Waals surface area contributed by atoms with E-state index in [0.29, 0.717) is 10.4 Å². The maximum Gasteiger partial charge on any atom is 0.229 e. The number of rotatable bonds is 4. The molecule has 0 spiro atoms. The number of furan rings is 1. The summed E-state index contributed by atoms with van der Waals surface area (Å²) >= 11 is 7.69. The lowest BCUT2D eigenvalue weighted by atomic mass is 9.95. The Balaban J connectivity index is 2.50. The van der Waals surface area contributed by atoms with E-state index in [1.807, 2.05) is 18.2 Å². The molecule has 1 unspecified atom stereocenters. The second kappa shape index (κ2) is 5.16. The molecular weight excluding hydrogens is 318 g/mol. The van der Waals surface area contributed by atoms with Crippen LogP contribution in [0.3, 0.4) is 0 Å². The average molecular weight is 328 g/mol. The number of thiol groups is 1. The van der Waals surface area contributed by atoms with Gasteiger partial charge in [0, 0.05) is 4.92 Å². The van der Waals surface area contributed by atoms with Crippen molar-refractivity contribution in [2.45, 2.75) is 4.75 Å². The molecule has 2 aromatic rings. The van der Waals surface area contributed by atoms with E-state index in [4.69, 9.17) is 4.42 Å². The summed E-state index contributed by atoms with van der Waals surface area (Å²) in [6.45, 7) is -0.347. The van der Waals surface area contributed by atoms with Gasteiger partial charge in [-0.25, -0.2) is 0 Å². The molecule has 94 valence electrons. The molecule has 0 aliphatic rings. The van der Waals surface area contributed by atoms with E-state index < -0.39 is 9.67 Å². The summed E-state index contributed by atoms with van der Waals surface area (Å²) in [5.74, 6) is 0.445. The molecule has 0 saturated carbocycles. The Morgan fingerprint density at radius 1 is 1.28 bits per heavy atom. The summed E-state index contributed by atoms with van der Waals surface area (Å²) in [6, 6.07) is 12.5. The maximum atomic E-state index is 10.9. The number of hydrogen-bond acceptors (Lipinski definition) is 4. The number of nitrogens with zero attached hydrogens (tertiary/aromatic N) is 1. The normalized spacial score (nSPS) is 14.1. The zero-order valence-corrected chi connectivity index (χ0v) is 11.7. The van der Waals surface area contributed by atoms with Crippen LogP contribution < -0.4 is 0 Å². The first-order chi connectivity index (χ1) is 8.52. The van der Waals surface area contributed by atoms with Crippen LogP contribution in [0.5, 0.6) is 0 Å². The fourth-order valence-corrected chi connectivity index (χ4v) is 2.44. The third-order valence-corrected chi connectivity index (χ3v) is 3.64. The van der Waals surface area contributed by atoms with Crippen LogP contribution in [0.25, 0.3) is 0 Å². The zero-order valence-electron chi connectivity index (χ0n) is 9.25. The molecule has 1 aromatic heterocycles. The first kappa shape index (κ1) is 13.2. The number of halogens is 1. The van der Waals surface area contributed by atoms with E-state index in [9.17, 15) is 10.1 Å². The monoisotopic (exact) mass is 327 g/mol. The smallest absolute Gasteiger partial charge is 0.229 e. The first-order valence-corrected chi connectivity index (χ1v) is 6.42. The Bertz CT molecular complexity index is 557. The fraction of sp³-hybridized carbons (Fsp3) is 0.167. The van der Waals surface area contributed by atoms with Crippen LogP contribution in [-0.2, 0) is 4.75 Å². The zero-order chi connectivity index (χ0) is 13.2. The number of nitro groups is 1. The quantitative estimate of drug-likeness (QED) is 0.531. The molecule has 0 aliphatic heterocycles. The summed E-state index contributed by atoms with van der Waals surface area (Å²) in [7, 11) is 0. The van der Waals surface area contributed by atoms with Crippen molar-refractivity contribution in [1.82, 2.24) is 0 Å². The Morgan fingerprint density at radius 2 is 1.94 bits per heavy atom. The molecule has 0 radical (unpaired) electrons. The molecule has 1 atom stereocenters. The van der Waals surface area contributed by atoms with Crippen molar-refractivity contribution in [2.75, 3.05) is 6.54 Å². The molecule has 2 rings (SSSR count). The van der Waals surface area contributed by atoms with Crippen molar-refractivity contribution < 1.29 is 9.34 Å². The van der Waals surface area contributed by atoms with Crippen molar-refractivity contribution in [1.29, 1.82) is 0 Å². The minimum Gasteiger partial charge on any atom is -0.452 e. The Kier molecular flexibility index (Phi) is 3.77. The summed E-state index contributed by atoms with van der Waals surface area (Å²) in [5.41, 5.74) is 0.729. The van der Waals surface area contributed by atoms with E-state index in [0.717, 1.165) is 5.56 Å². The van der Waals surface area contributed by atoms with Gasteiger partial charge in [0.2, 0.25) is 6.54 Å². The lowest BCUT2D eigenvalue weighted by Gasteiger charge is -2.22. The van der Waals surface area contributed by atoms with Crippen molar-refractivity contribution in [3.63, 3.8) is 0 Å². The largest absolute Gasteiger partial charge is 0.452 e. The second-order valence-corrected chi connectivity index (χ2v) is 5.37. The van der Waals surface area contributed by atoms with Crippen LogP contribution in [0.2, 0.25) is 0 Å². The van der Waals surface area contributed by atoms with Crippen LogP contribution in [0.15, 0.2) is 51.6 Å². The minimum absolute atomic E-state index is 0.347. The van der Waals surface area contributed by atoms with Crippen molar-refractivity contribution in [2.24, 2.45) is 0 Å². The van der Waals surface area contributed by atoms with E-state index in [1.165, 1.54) is 0 Å². The van der Waals surface area contributed by atoms with E-state index in [1.54, 1.807) is 24.3 Å². The van der Waals surface area contributed by atoms with Crippen LogP contribution in [0.1, 0.15) is 11.3 Å². The van der Waals surface area contributed by atoms with Crippen LogP contribution in [-0.4, -0.2) is 11.5 Å². The molecule has 0 aliphatic carbocycles. The molecule has 0 N–H and O–H groups in total. The summed E-state index contributed by atoms with van der Waals surface area (Å²) in [5, 5.41) is 10.9. The molecule has 1 aromatic carbocycles. The fourth-order valence-electron chi connectivity index (χ4n) is 1.75. The Morgan fingerprint density at radius 3 is 2.44 bits per heavy atom. The molecule has 0 saturated heterocycles. The van der Waals surface area contributed by atoms with Gasteiger partial charge in [-0.05, 0) is 33.6 Å². The highest BCUT2D eigenvalue weighted by Crippen LogP contribution is 2.38. The molecular formula is C12H10BrNO3S. The molecule has 18 heavy (non-hydrogen) atoms. The van der Waals surface area contributed by atoms with Gasteiger partial charge < -0.3 is 4.42 Å². The standard InChI is InChI=1S/C12H10BrNO3S/c13-11-7-6-10(17-11)12(18,8-14(15)16)9-4-2-1-3-5-9/h1-7,18H,8H2. The Hall–Kier alpha value is -1.27. The highest BCUT2D eigenvalue weighted by molar-refractivity contribution is 9.10. The lowest BCUT2D eigenvalue weighted by Crippen LogP contribution is -2.29. The van der Waals surface area contributed by atoms with Crippen molar-refractivity contribution in [3.8, 4) is 0 Å². The molecule has 0 amide bonds. The second-order valence-electron chi connectivity index (χ2n) is 3.82. The maximum absolute atomic E-state index is 10.9. The SMILES string of the molecule is O=[N+]([O-])CC(S)(c1ccccc1)c1ccc(Br)o1. The molecule has 0 bridgehead atoms. The topological polar surface area (TPSA) is 56.3 Å². The van der Waals surface area contributed by atoms with Gasteiger partial charge in [-0.1, -0.05) is 30.3 Å². The van der Waals surface area contributed by atoms with Gasteiger partial charge in [0.05, 0.1) is 0 Å². The van der Waals surface area contributed by atoms with Crippen LogP contribution >= 0.6 is 28.6 Å². The lowest BCUT2D eigenvalue weighted by molar-refractivity contribution is -0.484. The first-order valence-electron chi connectivity index (χ1n) is 5.18. The van der Waals surface area contributed by atoms with Crippen LogP contribution in [0.4, 0.5) is 0 Å². The van der Waals surface area contributed by atoms with Gasteiger partial charge in [0.25, 0.3) is 0 Å². The minimum atomic E-state index is -1.07. The van der Waals surface area contributed by atoms with E-state index in [-0.39, 0.29) is 6.54 Å².